The molecule has 0 aromatic heterocycles. The number of rotatable bonds is 5. The smallest absolute Gasteiger partial charge is 0.254 e. The van der Waals surface area contributed by atoms with Gasteiger partial charge in [0.25, 0.3) is 5.91 Å². The molecule has 4 bridgehead atoms. The predicted molar refractivity (Wildman–Crippen MR) is 97.1 cm³/mol. The predicted octanol–water partition coefficient (Wildman–Crippen LogP) is 3.99. The van der Waals surface area contributed by atoms with Crippen LogP contribution in [0.15, 0.2) is 18.2 Å². The molecule has 4 heteroatoms. The van der Waals surface area contributed by atoms with E-state index in [-0.39, 0.29) is 5.91 Å². The van der Waals surface area contributed by atoms with E-state index in [0.717, 1.165) is 18.4 Å². The van der Waals surface area contributed by atoms with Crippen molar-refractivity contribution in [3.05, 3.63) is 23.8 Å². The number of benzene rings is 1. The Bertz CT molecular complexity index is 629. The molecule has 0 radical (unpaired) electrons. The largest absolute Gasteiger partial charge is 0.493 e. The maximum absolute atomic E-state index is 13.3. The van der Waals surface area contributed by atoms with Gasteiger partial charge < -0.3 is 14.4 Å². The highest BCUT2D eigenvalue weighted by molar-refractivity contribution is 5.95. The van der Waals surface area contributed by atoms with E-state index in [1.165, 1.54) is 32.1 Å². The van der Waals surface area contributed by atoms with Crippen LogP contribution in [0.25, 0.3) is 0 Å². The lowest BCUT2D eigenvalue weighted by Crippen LogP contribution is -2.57. The van der Waals surface area contributed by atoms with Gasteiger partial charge in [0.1, 0.15) is 0 Å². The molecule has 4 fully saturated rings. The first-order valence-electron chi connectivity index (χ1n) is 9.67. The molecular weight excluding hydrogens is 314 g/mol. The average molecular weight is 343 g/mol. The summed E-state index contributed by atoms with van der Waals surface area (Å²) in [5.74, 6) is 4.69. The standard InChI is InChI=1S/C21H29NO3/c1-4-22(20-16-8-13-7-14(10-16)11-17(20)9-13)21(23)15-5-6-18(24-2)19(12-15)25-3/h5-6,12-14,16-17,20H,4,7-11H2,1-3H3. The average Bonchev–Trinajstić information content (AvgIpc) is 2.63. The van der Waals surface area contributed by atoms with Gasteiger partial charge in [-0.25, -0.2) is 0 Å². The molecule has 25 heavy (non-hydrogen) atoms. The minimum Gasteiger partial charge on any atom is -0.493 e. The zero-order chi connectivity index (χ0) is 17.6. The highest BCUT2D eigenvalue weighted by Gasteiger charge is 2.50. The Kier molecular flexibility index (Phi) is 4.38. The lowest BCUT2D eigenvalue weighted by Gasteiger charge is -2.57. The summed E-state index contributed by atoms with van der Waals surface area (Å²) in [5.41, 5.74) is 0.702. The van der Waals surface area contributed by atoms with Gasteiger partial charge in [0, 0.05) is 18.2 Å². The molecule has 0 spiro atoms. The van der Waals surface area contributed by atoms with Gasteiger partial charge in [-0.05, 0) is 80.9 Å². The first-order chi connectivity index (χ1) is 12.1. The fraction of sp³-hybridized carbons (Fsp3) is 0.667. The Morgan fingerprint density at radius 2 is 1.60 bits per heavy atom. The molecule has 4 saturated carbocycles. The summed E-state index contributed by atoms with van der Waals surface area (Å²) < 4.78 is 10.7. The number of methoxy groups -OCH3 is 2. The third-order valence-corrected chi connectivity index (χ3v) is 6.77. The van der Waals surface area contributed by atoms with Crippen molar-refractivity contribution < 1.29 is 14.3 Å². The molecule has 0 aliphatic heterocycles. The van der Waals surface area contributed by atoms with Crippen molar-refractivity contribution in [1.29, 1.82) is 0 Å². The molecule has 0 unspecified atom stereocenters. The van der Waals surface area contributed by atoms with Crippen molar-refractivity contribution in [1.82, 2.24) is 4.90 Å². The van der Waals surface area contributed by atoms with Crippen molar-refractivity contribution in [2.75, 3.05) is 20.8 Å². The van der Waals surface area contributed by atoms with Crippen LogP contribution in [0, 0.1) is 23.7 Å². The van der Waals surface area contributed by atoms with Gasteiger partial charge in [-0.2, -0.15) is 0 Å². The Labute approximate surface area is 150 Å². The van der Waals surface area contributed by atoms with Crippen LogP contribution in [-0.2, 0) is 0 Å². The Balaban J connectivity index is 1.60. The van der Waals surface area contributed by atoms with Gasteiger partial charge in [0.05, 0.1) is 14.2 Å². The molecule has 1 aromatic rings. The summed E-state index contributed by atoms with van der Waals surface area (Å²) in [7, 11) is 3.23. The van der Waals surface area contributed by atoms with Crippen LogP contribution < -0.4 is 9.47 Å². The monoisotopic (exact) mass is 343 g/mol. The Hall–Kier alpha value is -1.71. The number of hydrogen-bond donors (Lipinski definition) is 0. The summed E-state index contributed by atoms with van der Waals surface area (Å²) in [4.78, 5) is 15.4. The number of hydrogen-bond acceptors (Lipinski definition) is 3. The van der Waals surface area contributed by atoms with Crippen LogP contribution in [0.5, 0.6) is 11.5 Å². The minimum absolute atomic E-state index is 0.140. The summed E-state index contributed by atoms with van der Waals surface area (Å²) >= 11 is 0. The van der Waals surface area contributed by atoms with Crippen molar-refractivity contribution in [3.63, 3.8) is 0 Å². The van der Waals surface area contributed by atoms with Crippen LogP contribution >= 0.6 is 0 Å². The Morgan fingerprint density at radius 3 is 2.12 bits per heavy atom. The summed E-state index contributed by atoms with van der Waals surface area (Å²) in [6, 6.07) is 5.94. The van der Waals surface area contributed by atoms with Crippen molar-refractivity contribution >= 4 is 5.91 Å². The fourth-order valence-corrected chi connectivity index (χ4v) is 6.03. The second-order valence-corrected chi connectivity index (χ2v) is 8.08. The van der Waals surface area contributed by atoms with Gasteiger partial charge in [0.2, 0.25) is 0 Å². The minimum atomic E-state index is 0.140. The molecule has 5 rings (SSSR count). The molecule has 136 valence electrons. The molecule has 0 heterocycles. The van der Waals surface area contributed by atoms with Crippen LogP contribution in [0.1, 0.15) is 49.4 Å². The van der Waals surface area contributed by atoms with Crippen molar-refractivity contribution in [2.24, 2.45) is 23.7 Å². The lowest BCUT2D eigenvalue weighted by atomic mass is 9.54. The van der Waals surface area contributed by atoms with E-state index in [2.05, 4.69) is 11.8 Å². The SMILES string of the molecule is CCN(C(=O)c1ccc(OC)c(OC)c1)C1C2CC3CC(C2)CC1C3. The van der Waals surface area contributed by atoms with E-state index in [9.17, 15) is 4.79 Å². The van der Waals surface area contributed by atoms with Gasteiger partial charge in [-0.3, -0.25) is 4.79 Å². The molecule has 0 N–H and O–H groups in total. The zero-order valence-corrected chi connectivity index (χ0v) is 15.5. The van der Waals surface area contributed by atoms with Gasteiger partial charge in [-0.1, -0.05) is 0 Å². The van der Waals surface area contributed by atoms with Gasteiger partial charge in [0.15, 0.2) is 11.5 Å². The molecule has 1 amide bonds. The number of nitrogens with zero attached hydrogens (tertiary/aromatic N) is 1. The number of carbonyl (C=O) groups is 1. The molecule has 4 aliphatic carbocycles. The van der Waals surface area contributed by atoms with E-state index in [1.54, 1.807) is 14.2 Å². The molecule has 4 nitrogen and oxygen atoms in total. The normalized spacial score (nSPS) is 32.5. The highest BCUT2D eigenvalue weighted by Crippen LogP contribution is 2.55. The maximum Gasteiger partial charge on any atom is 0.254 e. The number of carbonyl (C=O) groups excluding carboxylic acids is 1. The molecule has 0 atom stereocenters. The first-order valence-corrected chi connectivity index (χ1v) is 9.67. The molecule has 4 aliphatic rings. The summed E-state index contributed by atoms with van der Waals surface area (Å²) in [6.45, 7) is 2.89. The number of ether oxygens (including phenoxy) is 2. The topological polar surface area (TPSA) is 38.8 Å². The van der Waals surface area contributed by atoms with Crippen molar-refractivity contribution in [2.45, 2.75) is 45.1 Å². The van der Waals surface area contributed by atoms with E-state index in [1.807, 2.05) is 18.2 Å². The highest BCUT2D eigenvalue weighted by atomic mass is 16.5. The fourth-order valence-electron chi connectivity index (χ4n) is 6.03. The summed E-state index contributed by atoms with van der Waals surface area (Å²) in [6.07, 6.45) is 6.75. The summed E-state index contributed by atoms with van der Waals surface area (Å²) in [5, 5.41) is 0. The van der Waals surface area contributed by atoms with Crippen LogP contribution in [0.4, 0.5) is 0 Å². The maximum atomic E-state index is 13.3. The van der Waals surface area contributed by atoms with Gasteiger partial charge >= 0.3 is 0 Å². The van der Waals surface area contributed by atoms with E-state index >= 15 is 0 Å². The zero-order valence-electron chi connectivity index (χ0n) is 15.5. The second-order valence-electron chi connectivity index (χ2n) is 8.08. The second kappa shape index (κ2) is 6.54. The van der Waals surface area contributed by atoms with Crippen LogP contribution in [0.3, 0.4) is 0 Å². The lowest BCUT2D eigenvalue weighted by molar-refractivity contribution is -0.0543. The third kappa shape index (κ3) is 2.80. The van der Waals surface area contributed by atoms with E-state index < -0.39 is 0 Å². The Morgan fingerprint density at radius 1 is 1.00 bits per heavy atom. The third-order valence-electron chi connectivity index (χ3n) is 6.77. The first kappa shape index (κ1) is 16.7. The number of amides is 1. The van der Waals surface area contributed by atoms with Crippen LogP contribution in [-0.4, -0.2) is 37.6 Å². The molecule has 1 aromatic carbocycles. The van der Waals surface area contributed by atoms with Gasteiger partial charge in [-0.15, -0.1) is 0 Å². The molecular formula is C21H29NO3. The quantitative estimate of drug-likeness (QED) is 0.811. The molecule has 0 saturated heterocycles. The van der Waals surface area contributed by atoms with Crippen molar-refractivity contribution in [3.8, 4) is 11.5 Å². The van der Waals surface area contributed by atoms with Crippen LogP contribution in [0.2, 0.25) is 0 Å². The van der Waals surface area contributed by atoms with E-state index in [4.69, 9.17) is 9.47 Å². The van der Waals surface area contributed by atoms with E-state index in [0.29, 0.717) is 34.9 Å².